The summed E-state index contributed by atoms with van der Waals surface area (Å²) in [6.45, 7) is 4.80. The van der Waals surface area contributed by atoms with Gasteiger partial charge in [0.25, 0.3) is 0 Å². The van der Waals surface area contributed by atoms with E-state index in [0.717, 1.165) is 31.7 Å². The molecule has 1 N–H and O–H groups in total. The number of para-hydroxylation sites is 1. The van der Waals surface area contributed by atoms with Crippen molar-refractivity contribution >= 4 is 15.5 Å². The van der Waals surface area contributed by atoms with E-state index in [2.05, 4.69) is 17.1 Å². The maximum absolute atomic E-state index is 11.9. The summed E-state index contributed by atoms with van der Waals surface area (Å²) in [4.78, 5) is 2.58. The molecule has 1 aromatic carbocycles. The smallest absolute Gasteiger partial charge is 0.177 e. The molecular formula is C14H22N2O2S. The molecule has 4 nitrogen and oxygen atoms in total. The van der Waals surface area contributed by atoms with Crippen molar-refractivity contribution in [2.45, 2.75) is 30.7 Å². The van der Waals surface area contributed by atoms with Crippen LogP contribution in [0.25, 0.3) is 0 Å². The molecule has 0 aliphatic carbocycles. The largest absolute Gasteiger partial charge is 0.369 e. The van der Waals surface area contributed by atoms with Crippen LogP contribution < -0.4 is 10.2 Å². The molecule has 1 fully saturated rings. The third-order valence-corrected chi connectivity index (χ3v) is 4.73. The van der Waals surface area contributed by atoms with Gasteiger partial charge in [-0.15, -0.1) is 0 Å². The van der Waals surface area contributed by atoms with Crippen LogP contribution in [0.1, 0.15) is 19.8 Å². The summed E-state index contributed by atoms with van der Waals surface area (Å²) in [6.07, 6.45) is 3.64. The number of rotatable bonds is 5. The Bertz CT molecular complexity index is 522. The second kappa shape index (κ2) is 5.92. The molecule has 5 heteroatoms. The first-order valence-electron chi connectivity index (χ1n) is 6.79. The Hall–Kier alpha value is -1.07. The van der Waals surface area contributed by atoms with Gasteiger partial charge in [-0.2, -0.15) is 0 Å². The number of hydrogen-bond donors (Lipinski definition) is 1. The van der Waals surface area contributed by atoms with Gasteiger partial charge in [0.15, 0.2) is 9.84 Å². The van der Waals surface area contributed by atoms with Gasteiger partial charge in [-0.25, -0.2) is 8.42 Å². The Labute approximate surface area is 115 Å². The molecule has 1 atom stereocenters. The molecule has 19 heavy (non-hydrogen) atoms. The highest BCUT2D eigenvalue weighted by Crippen LogP contribution is 2.25. The maximum atomic E-state index is 11.9. The number of nitrogens with one attached hydrogen (secondary N) is 1. The lowest BCUT2D eigenvalue weighted by molar-refractivity contribution is 0.581. The molecule has 1 unspecified atom stereocenters. The van der Waals surface area contributed by atoms with E-state index in [4.69, 9.17) is 0 Å². The van der Waals surface area contributed by atoms with Gasteiger partial charge in [-0.3, -0.25) is 0 Å². The van der Waals surface area contributed by atoms with E-state index in [1.54, 1.807) is 12.1 Å². The fraction of sp³-hybridized carbons (Fsp3) is 0.571. The number of likely N-dealkylation sites (N-methyl/N-ethyl adjacent to an activating group) is 1. The molecule has 1 aliphatic heterocycles. The first kappa shape index (κ1) is 14.3. The van der Waals surface area contributed by atoms with E-state index in [-0.39, 0.29) is 0 Å². The van der Waals surface area contributed by atoms with Gasteiger partial charge in [0, 0.05) is 25.4 Å². The van der Waals surface area contributed by atoms with Gasteiger partial charge in [0.05, 0.1) is 10.6 Å². The number of anilines is 1. The molecule has 0 aromatic heterocycles. The minimum Gasteiger partial charge on any atom is -0.369 e. The van der Waals surface area contributed by atoms with Crippen LogP contribution in [-0.2, 0) is 9.84 Å². The molecule has 1 heterocycles. The molecule has 2 rings (SSSR count). The average Bonchev–Trinajstić information content (AvgIpc) is 2.88. The molecule has 0 radical (unpaired) electrons. The molecular weight excluding hydrogens is 260 g/mol. The predicted molar refractivity (Wildman–Crippen MR) is 78.5 cm³/mol. The summed E-state index contributed by atoms with van der Waals surface area (Å²) in [5, 5.41) is 3.46. The fourth-order valence-corrected chi connectivity index (χ4v) is 3.51. The molecule has 1 saturated heterocycles. The zero-order valence-electron chi connectivity index (χ0n) is 11.6. The van der Waals surface area contributed by atoms with E-state index in [0.29, 0.717) is 10.9 Å². The Kier molecular flexibility index (Phi) is 4.47. The van der Waals surface area contributed by atoms with Crippen molar-refractivity contribution in [1.82, 2.24) is 5.32 Å². The normalized spacial score (nSPS) is 19.6. The van der Waals surface area contributed by atoms with Crippen molar-refractivity contribution in [3.63, 3.8) is 0 Å². The average molecular weight is 282 g/mol. The summed E-state index contributed by atoms with van der Waals surface area (Å²) in [6, 6.07) is 7.73. The van der Waals surface area contributed by atoms with Gasteiger partial charge in [0.2, 0.25) is 0 Å². The van der Waals surface area contributed by atoms with E-state index < -0.39 is 9.84 Å². The van der Waals surface area contributed by atoms with E-state index >= 15 is 0 Å². The molecule has 1 aromatic rings. The highest BCUT2D eigenvalue weighted by atomic mass is 32.2. The molecule has 0 spiro atoms. The highest BCUT2D eigenvalue weighted by molar-refractivity contribution is 7.90. The lowest BCUT2D eigenvalue weighted by Crippen LogP contribution is -2.38. The van der Waals surface area contributed by atoms with Gasteiger partial charge in [0.1, 0.15) is 0 Å². The van der Waals surface area contributed by atoms with Crippen LogP contribution in [0.2, 0.25) is 0 Å². The Balaban J connectivity index is 2.27. The first-order valence-corrected chi connectivity index (χ1v) is 8.69. The van der Waals surface area contributed by atoms with Crippen molar-refractivity contribution in [2.75, 3.05) is 30.8 Å². The minimum absolute atomic E-state index is 0.426. The summed E-state index contributed by atoms with van der Waals surface area (Å²) in [5.74, 6) is 0. The molecule has 1 aliphatic rings. The van der Waals surface area contributed by atoms with E-state index in [1.807, 2.05) is 12.1 Å². The van der Waals surface area contributed by atoms with E-state index in [1.165, 1.54) is 12.7 Å². The fourth-order valence-electron chi connectivity index (χ4n) is 2.61. The van der Waals surface area contributed by atoms with Gasteiger partial charge in [-0.1, -0.05) is 12.1 Å². The minimum atomic E-state index is -3.18. The summed E-state index contributed by atoms with van der Waals surface area (Å²) in [5.41, 5.74) is 0.821. The van der Waals surface area contributed by atoms with Gasteiger partial charge >= 0.3 is 0 Å². The topological polar surface area (TPSA) is 49.4 Å². The van der Waals surface area contributed by atoms with Crippen LogP contribution in [0.15, 0.2) is 29.2 Å². The summed E-state index contributed by atoms with van der Waals surface area (Å²) >= 11 is 0. The summed E-state index contributed by atoms with van der Waals surface area (Å²) in [7, 11) is -3.18. The number of nitrogens with zero attached hydrogens (tertiary/aromatic N) is 1. The Morgan fingerprint density at radius 3 is 2.68 bits per heavy atom. The van der Waals surface area contributed by atoms with Crippen LogP contribution in [0, 0.1) is 0 Å². The predicted octanol–water partition coefficient (Wildman–Crippen LogP) is 1.67. The van der Waals surface area contributed by atoms with E-state index in [9.17, 15) is 8.42 Å². The number of sulfone groups is 1. The lowest BCUT2D eigenvalue weighted by atomic mass is 10.2. The van der Waals surface area contributed by atoms with Crippen molar-refractivity contribution in [3.8, 4) is 0 Å². The summed E-state index contributed by atoms with van der Waals surface area (Å²) < 4.78 is 23.7. The van der Waals surface area contributed by atoms with Crippen LogP contribution in [0.5, 0.6) is 0 Å². The second-order valence-corrected chi connectivity index (χ2v) is 7.06. The Morgan fingerprint density at radius 1 is 1.37 bits per heavy atom. The third kappa shape index (κ3) is 3.48. The second-order valence-electron chi connectivity index (χ2n) is 5.07. The van der Waals surface area contributed by atoms with Crippen LogP contribution in [0.3, 0.4) is 0 Å². The zero-order valence-corrected chi connectivity index (χ0v) is 12.4. The molecule has 106 valence electrons. The number of hydrogen-bond acceptors (Lipinski definition) is 4. The van der Waals surface area contributed by atoms with Crippen molar-refractivity contribution in [1.29, 1.82) is 0 Å². The van der Waals surface area contributed by atoms with Crippen molar-refractivity contribution in [2.24, 2.45) is 0 Å². The molecule has 0 bridgehead atoms. The van der Waals surface area contributed by atoms with Crippen molar-refractivity contribution < 1.29 is 8.42 Å². The lowest BCUT2D eigenvalue weighted by Gasteiger charge is -2.28. The van der Waals surface area contributed by atoms with Gasteiger partial charge < -0.3 is 10.2 Å². The van der Waals surface area contributed by atoms with Crippen LogP contribution in [-0.4, -0.2) is 40.3 Å². The van der Waals surface area contributed by atoms with Crippen molar-refractivity contribution in [3.05, 3.63) is 24.3 Å². The Morgan fingerprint density at radius 2 is 2.11 bits per heavy atom. The van der Waals surface area contributed by atoms with Gasteiger partial charge in [-0.05, 0) is 38.4 Å². The molecule has 0 saturated carbocycles. The quantitative estimate of drug-likeness (QED) is 0.892. The molecule has 0 amide bonds. The first-order chi connectivity index (χ1) is 9.02. The monoisotopic (exact) mass is 282 g/mol. The SMILES string of the molecule is CCN(CC1CCCN1)c1ccccc1S(C)(=O)=O. The third-order valence-electron chi connectivity index (χ3n) is 3.59. The standard InChI is InChI=1S/C14H22N2O2S/c1-3-16(11-12-7-6-10-15-12)13-8-4-5-9-14(13)19(2,17)18/h4-5,8-9,12,15H,3,6-7,10-11H2,1-2H3. The maximum Gasteiger partial charge on any atom is 0.177 e. The highest BCUT2D eigenvalue weighted by Gasteiger charge is 2.21. The van der Waals surface area contributed by atoms with Crippen LogP contribution in [0.4, 0.5) is 5.69 Å². The van der Waals surface area contributed by atoms with Crippen LogP contribution >= 0.6 is 0 Å². The zero-order chi connectivity index (χ0) is 13.9. The number of benzene rings is 1.